The Hall–Kier alpha value is -2.57. The van der Waals surface area contributed by atoms with Crippen molar-refractivity contribution >= 4 is 23.6 Å². The van der Waals surface area contributed by atoms with Crippen LogP contribution in [0, 0.1) is 0 Å². The van der Waals surface area contributed by atoms with Crippen LogP contribution in [0.3, 0.4) is 0 Å². The van der Waals surface area contributed by atoms with Crippen molar-refractivity contribution < 1.29 is 19.1 Å². The molecule has 0 spiro atoms. The number of nitrogens with zero attached hydrogens (tertiary/aromatic N) is 1. The third-order valence-corrected chi connectivity index (χ3v) is 4.25. The molecule has 3 rings (SSSR count). The van der Waals surface area contributed by atoms with Gasteiger partial charge in [0.2, 0.25) is 5.91 Å². The number of benzene rings is 1. The monoisotopic (exact) mass is 331 g/mol. The average Bonchev–Trinajstić information content (AvgIpc) is 3.37. The summed E-state index contributed by atoms with van der Waals surface area (Å²) in [6, 6.07) is 5.16. The second-order valence-corrected chi connectivity index (χ2v) is 6.12. The number of rotatable bonds is 4. The molecule has 1 aromatic carbocycles. The predicted molar refractivity (Wildman–Crippen MR) is 88.0 cm³/mol. The number of carbonyl (C=O) groups excluding carboxylic acids is 3. The zero-order chi connectivity index (χ0) is 17.1. The summed E-state index contributed by atoms with van der Waals surface area (Å²) in [7, 11) is 1.36. The summed E-state index contributed by atoms with van der Waals surface area (Å²) in [5, 5.41) is 5.08. The number of urea groups is 1. The molecule has 1 saturated carbocycles. The summed E-state index contributed by atoms with van der Waals surface area (Å²) in [6.07, 6.45) is 3.54. The molecule has 7 heteroatoms. The number of anilines is 1. The van der Waals surface area contributed by atoms with Crippen LogP contribution in [0.4, 0.5) is 10.5 Å². The molecule has 0 radical (unpaired) electrons. The molecule has 2 aliphatic rings. The fraction of sp³-hybridized carbons (Fsp3) is 0.471. The Morgan fingerprint density at radius 1 is 1.29 bits per heavy atom. The molecule has 7 nitrogen and oxygen atoms in total. The van der Waals surface area contributed by atoms with Crippen molar-refractivity contribution in [1.29, 1.82) is 0 Å². The second-order valence-electron chi connectivity index (χ2n) is 6.12. The van der Waals surface area contributed by atoms with Gasteiger partial charge >= 0.3 is 12.0 Å². The molecule has 1 fully saturated rings. The van der Waals surface area contributed by atoms with Gasteiger partial charge in [-0.05, 0) is 43.4 Å². The van der Waals surface area contributed by atoms with Gasteiger partial charge in [-0.1, -0.05) is 6.07 Å². The fourth-order valence-corrected chi connectivity index (χ4v) is 2.95. The highest BCUT2D eigenvalue weighted by molar-refractivity contribution is 5.97. The van der Waals surface area contributed by atoms with Crippen LogP contribution < -0.4 is 15.5 Å². The van der Waals surface area contributed by atoms with Crippen molar-refractivity contribution in [3.63, 3.8) is 0 Å². The molecule has 0 aromatic heterocycles. The molecule has 0 atom stereocenters. The van der Waals surface area contributed by atoms with Crippen molar-refractivity contribution in [1.82, 2.24) is 10.6 Å². The lowest BCUT2D eigenvalue weighted by molar-refractivity contribution is -0.118. The number of fused-ring (bicyclic) bond motifs is 1. The zero-order valence-electron chi connectivity index (χ0n) is 13.6. The molecule has 2 N–H and O–H groups in total. The van der Waals surface area contributed by atoms with Crippen LogP contribution in [0.5, 0.6) is 0 Å². The molecule has 24 heavy (non-hydrogen) atoms. The number of nitrogens with one attached hydrogen (secondary N) is 2. The van der Waals surface area contributed by atoms with Crippen LogP contribution in [-0.2, 0) is 16.0 Å². The van der Waals surface area contributed by atoms with Crippen LogP contribution in [0.1, 0.15) is 35.2 Å². The van der Waals surface area contributed by atoms with E-state index >= 15 is 0 Å². The van der Waals surface area contributed by atoms with Gasteiger partial charge in [0.25, 0.3) is 0 Å². The smallest absolute Gasteiger partial charge is 0.338 e. The maximum absolute atomic E-state index is 12.1. The van der Waals surface area contributed by atoms with Crippen molar-refractivity contribution in [2.24, 2.45) is 0 Å². The minimum Gasteiger partial charge on any atom is -0.465 e. The number of imide groups is 1. The minimum atomic E-state index is -0.442. The lowest BCUT2D eigenvalue weighted by Gasteiger charge is -2.31. The Labute approximate surface area is 140 Å². The maximum atomic E-state index is 12.1. The Morgan fingerprint density at radius 2 is 2.08 bits per heavy atom. The van der Waals surface area contributed by atoms with Gasteiger partial charge in [0.1, 0.15) is 0 Å². The van der Waals surface area contributed by atoms with E-state index in [1.165, 1.54) is 7.11 Å². The van der Waals surface area contributed by atoms with E-state index in [1.54, 1.807) is 12.1 Å². The number of carbonyl (C=O) groups is 3. The molecule has 0 bridgehead atoms. The summed E-state index contributed by atoms with van der Waals surface area (Å²) >= 11 is 0. The highest BCUT2D eigenvalue weighted by Gasteiger charge is 2.26. The first kappa shape index (κ1) is 16.3. The molecular weight excluding hydrogens is 310 g/mol. The molecule has 1 heterocycles. The molecule has 1 aliphatic heterocycles. The molecular formula is C17H21N3O4. The molecule has 0 saturated heterocycles. The van der Waals surface area contributed by atoms with Crippen LogP contribution in [0.15, 0.2) is 18.2 Å². The zero-order valence-corrected chi connectivity index (χ0v) is 13.6. The molecule has 1 aliphatic carbocycles. The largest absolute Gasteiger partial charge is 0.465 e. The summed E-state index contributed by atoms with van der Waals surface area (Å²) in [6.45, 7) is 0.783. The maximum Gasteiger partial charge on any atom is 0.338 e. The quantitative estimate of drug-likeness (QED) is 0.810. The van der Waals surface area contributed by atoms with Crippen LogP contribution in [-0.4, -0.2) is 44.1 Å². The Morgan fingerprint density at radius 3 is 2.79 bits per heavy atom. The van der Waals surface area contributed by atoms with Gasteiger partial charge in [0.15, 0.2) is 0 Å². The number of amides is 3. The van der Waals surface area contributed by atoms with Gasteiger partial charge in [-0.3, -0.25) is 10.1 Å². The summed E-state index contributed by atoms with van der Waals surface area (Å²) < 4.78 is 4.82. The number of ether oxygens (including phenoxy) is 1. The lowest BCUT2D eigenvalue weighted by Crippen LogP contribution is -2.46. The predicted octanol–water partition coefficient (Wildman–Crippen LogP) is 1.21. The number of hydrogen-bond donors (Lipinski definition) is 2. The highest BCUT2D eigenvalue weighted by Crippen LogP contribution is 2.30. The van der Waals surface area contributed by atoms with Gasteiger partial charge in [0, 0.05) is 18.3 Å². The SMILES string of the molecule is COC(=O)c1cccc2c1CCCN2CC(=O)NC(=O)NC1CC1. The highest BCUT2D eigenvalue weighted by atomic mass is 16.5. The third kappa shape index (κ3) is 3.67. The number of hydrogen-bond acceptors (Lipinski definition) is 5. The van der Waals surface area contributed by atoms with E-state index in [0.29, 0.717) is 12.1 Å². The van der Waals surface area contributed by atoms with E-state index in [4.69, 9.17) is 4.74 Å². The number of methoxy groups -OCH3 is 1. The van der Waals surface area contributed by atoms with Crippen molar-refractivity contribution in [2.75, 3.05) is 25.1 Å². The van der Waals surface area contributed by atoms with Crippen molar-refractivity contribution in [3.05, 3.63) is 29.3 Å². The lowest BCUT2D eigenvalue weighted by atomic mass is 9.96. The first-order chi connectivity index (χ1) is 11.6. The Balaban J connectivity index is 1.68. The summed E-state index contributed by atoms with van der Waals surface area (Å²) in [5.74, 6) is -0.730. The molecule has 3 amide bonds. The average molecular weight is 331 g/mol. The van der Waals surface area contributed by atoms with Gasteiger partial charge in [0.05, 0.1) is 19.2 Å². The summed E-state index contributed by atoms with van der Waals surface area (Å²) in [5.41, 5.74) is 2.28. The number of esters is 1. The van der Waals surface area contributed by atoms with Gasteiger partial charge in [-0.2, -0.15) is 0 Å². The first-order valence-corrected chi connectivity index (χ1v) is 8.14. The molecule has 0 unspecified atom stereocenters. The topological polar surface area (TPSA) is 87.7 Å². The van der Waals surface area contributed by atoms with E-state index < -0.39 is 6.03 Å². The normalized spacial score (nSPS) is 16.1. The van der Waals surface area contributed by atoms with Gasteiger partial charge < -0.3 is 15.0 Å². The van der Waals surface area contributed by atoms with Crippen molar-refractivity contribution in [2.45, 2.75) is 31.7 Å². The van der Waals surface area contributed by atoms with E-state index in [0.717, 1.165) is 36.9 Å². The van der Waals surface area contributed by atoms with E-state index in [9.17, 15) is 14.4 Å². The van der Waals surface area contributed by atoms with Crippen LogP contribution in [0.2, 0.25) is 0 Å². The molecule has 1 aromatic rings. The fourth-order valence-electron chi connectivity index (χ4n) is 2.95. The standard InChI is InChI=1S/C17H21N3O4/c1-24-16(22)13-4-2-6-14-12(13)5-3-9-20(14)10-15(21)19-17(23)18-11-7-8-11/h2,4,6,11H,3,5,7-10H2,1H3,(H2,18,19,21,23). The Kier molecular flexibility index (Phi) is 4.69. The second kappa shape index (κ2) is 6.90. The van der Waals surface area contributed by atoms with Crippen LogP contribution >= 0.6 is 0 Å². The van der Waals surface area contributed by atoms with Crippen LogP contribution in [0.25, 0.3) is 0 Å². The third-order valence-electron chi connectivity index (χ3n) is 4.25. The van der Waals surface area contributed by atoms with E-state index in [2.05, 4.69) is 10.6 Å². The first-order valence-electron chi connectivity index (χ1n) is 8.14. The van der Waals surface area contributed by atoms with E-state index in [-0.39, 0.29) is 24.5 Å². The van der Waals surface area contributed by atoms with Crippen molar-refractivity contribution in [3.8, 4) is 0 Å². The Bertz CT molecular complexity index is 670. The van der Waals surface area contributed by atoms with Gasteiger partial charge in [-0.15, -0.1) is 0 Å². The van der Waals surface area contributed by atoms with Gasteiger partial charge in [-0.25, -0.2) is 9.59 Å². The summed E-state index contributed by atoms with van der Waals surface area (Å²) in [4.78, 5) is 37.5. The van der Waals surface area contributed by atoms with E-state index in [1.807, 2.05) is 11.0 Å². The molecule has 128 valence electrons. The minimum absolute atomic E-state index is 0.0791.